The van der Waals surface area contributed by atoms with Crippen molar-refractivity contribution in [3.05, 3.63) is 59.4 Å². The van der Waals surface area contributed by atoms with Gasteiger partial charge in [0, 0.05) is 13.2 Å². The molecule has 2 aromatic rings. The molecule has 0 atom stereocenters. The highest BCUT2D eigenvalue weighted by Crippen LogP contribution is 2.20. The second-order valence-electron chi connectivity index (χ2n) is 5.12. The number of anilines is 1. The van der Waals surface area contributed by atoms with Gasteiger partial charge in [0.25, 0.3) is 5.91 Å². The molecule has 1 aromatic heterocycles. The minimum absolute atomic E-state index is 0.229. The molecule has 1 heterocycles. The van der Waals surface area contributed by atoms with E-state index in [0.717, 1.165) is 5.56 Å². The molecule has 4 nitrogen and oxygen atoms in total. The summed E-state index contributed by atoms with van der Waals surface area (Å²) in [6.07, 6.45) is 1.72. The van der Waals surface area contributed by atoms with Crippen LogP contribution in [0.5, 0.6) is 0 Å². The van der Waals surface area contributed by atoms with E-state index in [-0.39, 0.29) is 5.91 Å². The smallest absolute Gasteiger partial charge is 0.276 e. The number of rotatable bonds is 3. The average molecular weight is 279 g/mol. The molecule has 1 amide bonds. The van der Waals surface area contributed by atoms with E-state index in [1.165, 1.54) is 4.90 Å². The third-order valence-corrected chi connectivity index (χ3v) is 3.36. The van der Waals surface area contributed by atoms with Gasteiger partial charge in [-0.2, -0.15) is 5.26 Å². The zero-order chi connectivity index (χ0) is 15.4. The summed E-state index contributed by atoms with van der Waals surface area (Å²) in [4.78, 5) is 18.1. The van der Waals surface area contributed by atoms with Crippen molar-refractivity contribution in [1.82, 2.24) is 4.98 Å². The summed E-state index contributed by atoms with van der Waals surface area (Å²) in [5.74, 6) is 0.145. The van der Waals surface area contributed by atoms with Crippen molar-refractivity contribution >= 4 is 11.6 Å². The van der Waals surface area contributed by atoms with Crippen LogP contribution in [0.3, 0.4) is 0 Å². The van der Waals surface area contributed by atoms with Crippen molar-refractivity contribution in [2.75, 3.05) is 11.9 Å². The number of pyridine rings is 1. The molecular formula is C17H17N3O. The van der Waals surface area contributed by atoms with Crippen LogP contribution in [-0.2, 0) is 0 Å². The fourth-order valence-corrected chi connectivity index (χ4v) is 2.02. The van der Waals surface area contributed by atoms with E-state index in [1.54, 1.807) is 43.6 Å². The molecule has 106 valence electrons. The maximum absolute atomic E-state index is 12.4. The maximum atomic E-state index is 12.4. The van der Waals surface area contributed by atoms with E-state index in [4.69, 9.17) is 5.26 Å². The summed E-state index contributed by atoms with van der Waals surface area (Å²) >= 11 is 0. The molecule has 0 N–H and O–H groups in total. The molecule has 0 spiro atoms. The predicted octanol–water partition coefficient (Wildman–Crippen LogP) is 3.35. The Morgan fingerprint density at radius 1 is 1.24 bits per heavy atom. The molecule has 0 saturated heterocycles. The minimum atomic E-state index is -0.229. The number of carbonyl (C=O) groups is 1. The highest BCUT2D eigenvalue weighted by Gasteiger charge is 2.17. The zero-order valence-electron chi connectivity index (χ0n) is 12.4. The van der Waals surface area contributed by atoms with Gasteiger partial charge in [-0.15, -0.1) is 0 Å². The van der Waals surface area contributed by atoms with Crippen molar-refractivity contribution in [2.45, 2.75) is 19.8 Å². The van der Waals surface area contributed by atoms with Crippen LogP contribution < -0.4 is 4.90 Å². The highest BCUT2D eigenvalue weighted by atomic mass is 16.2. The van der Waals surface area contributed by atoms with Crippen LogP contribution in [0.15, 0.2) is 42.6 Å². The third-order valence-electron chi connectivity index (χ3n) is 3.36. The Morgan fingerprint density at radius 2 is 1.95 bits per heavy atom. The third kappa shape index (κ3) is 3.09. The summed E-state index contributed by atoms with van der Waals surface area (Å²) in [5.41, 5.74) is 2.51. The van der Waals surface area contributed by atoms with Gasteiger partial charge in [0.15, 0.2) is 0 Å². The van der Waals surface area contributed by atoms with E-state index in [9.17, 15) is 4.79 Å². The average Bonchev–Trinajstić information content (AvgIpc) is 2.53. The Hall–Kier alpha value is -2.67. The number of hydrogen-bond donors (Lipinski definition) is 0. The lowest BCUT2D eigenvalue weighted by Gasteiger charge is -2.18. The first-order valence-electron chi connectivity index (χ1n) is 6.77. The lowest BCUT2D eigenvalue weighted by atomic mass is 10.1. The molecule has 0 aliphatic heterocycles. The number of hydrogen-bond acceptors (Lipinski definition) is 3. The lowest BCUT2D eigenvalue weighted by molar-refractivity contribution is 0.0988. The van der Waals surface area contributed by atoms with Crippen molar-refractivity contribution in [3.63, 3.8) is 0 Å². The molecule has 0 bridgehead atoms. The van der Waals surface area contributed by atoms with Gasteiger partial charge in [0.1, 0.15) is 11.8 Å². The molecule has 0 radical (unpaired) electrons. The minimum Gasteiger partial charge on any atom is -0.309 e. The fraction of sp³-hybridized carbons (Fsp3) is 0.235. The second kappa shape index (κ2) is 6.19. The SMILES string of the molecule is CC(C)c1ccc(C(=O)N(C)c2ccccc2C#N)nc1. The number of amides is 1. The fourth-order valence-electron chi connectivity index (χ4n) is 2.02. The Balaban J connectivity index is 2.29. The number of benzene rings is 1. The number of carbonyl (C=O) groups excluding carboxylic acids is 1. The molecule has 4 heteroatoms. The van der Waals surface area contributed by atoms with Crippen molar-refractivity contribution in [1.29, 1.82) is 5.26 Å². The molecule has 0 aliphatic rings. The number of nitriles is 1. The number of aromatic nitrogens is 1. The van der Waals surface area contributed by atoms with Crippen molar-refractivity contribution < 1.29 is 4.79 Å². The molecule has 21 heavy (non-hydrogen) atoms. The summed E-state index contributed by atoms with van der Waals surface area (Å²) in [6.45, 7) is 4.15. The standard InChI is InChI=1S/C17H17N3O/c1-12(2)14-8-9-15(19-11-14)17(21)20(3)16-7-5-4-6-13(16)10-18/h4-9,11-12H,1-3H3. The molecule has 0 unspecified atom stereocenters. The Kier molecular flexibility index (Phi) is 4.34. The van der Waals surface area contributed by atoms with E-state index in [1.807, 2.05) is 6.07 Å². The summed E-state index contributed by atoms with van der Waals surface area (Å²) in [6, 6.07) is 12.7. The quantitative estimate of drug-likeness (QED) is 0.865. The van der Waals surface area contributed by atoms with Crippen LogP contribution in [0.2, 0.25) is 0 Å². The number of para-hydroxylation sites is 1. The molecule has 0 aliphatic carbocycles. The van der Waals surface area contributed by atoms with Gasteiger partial charge in [0.05, 0.1) is 11.3 Å². The van der Waals surface area contributed by atoms with E-state index >= 15 is 0 Å². The molecule has 1 aromatic carbocycles. The second-order valence-corrected chi connectivity index (χ2v) is 5.12. The van der Waals surface area contributed by atoms with Crippen LogP contribution in [-0.4, -0.2) is 17.9 Å². The summed E-state index contributed by atoms with van der Waals surface area (Å²) < 4.78 is 0. The van der Waals surface area contributed by atoms with E-state index in [2.05, 4.69) is 24.9 Å². The molecule has 2 rings (SSSR count). The van der Waals surface area contributed by atoms with Crippen LogP contribution in [0.1, 0.15) is 41.4 Å². The van der Waals surface area contributed by atoms with Gasteiger partial charge in [-0.05, 0) is 29.7 Å². The molecule has 0 fully saturated rings. The van der Waals surface area contributed by atoms with Gasteiger partial charge in [-0.25, -0.2) is 0 Å². The first-order valence-corrected chi connectivity index (χ1v) is 6.77. The molecule has 0 saturated carbocycles. The van der Waals surface area contributed by atoms with Crippen LogP contribution >= 0.6 is 0 Å². The first-order chi connectivity index (χ1) is 10.0. The van der Waals surface area contributed by atoms with Crippen molar-refractivity contribution in [2.24, 2.45) is 0 Å². The maximum Gasteiger partial charge on any atom is 0.276 e. The Labute approximate surface area is 124 Å². The predicted molar refractivity (Wildman–Crippen MR) is 82.2 cm³/mol. The topological polar surface area (TPSA) is 57.0 Å². The van der Waals surface area contributed by atoms with Crippen molar-refractivity contribution in [3.8, 4) is 6.07 Å². The number of nitrogens with zero attached hydrogens (tertiary/aromatic N) is 3. The van der Waals surface area contributed by atoms with E-state index < -0.39 is 0 Å². The normalized spacial score (nSPS) is 10.2. The van der Waals surface area contributed by atoms with Gasteiger partial charge < -0.3 is 4.90 Å². The van der Waals surface area contributed by atoms with Gasteiger partial charge >= 0.3 is 0 Å². The van der Waals surface area contributed by atoms with E-state index in [0.29, 0.717) is 22.9 Å². The van der Waals surface area contributed by atoms with Crippen LogP contribution in [0.4, 0.5) is 5.69 Å². The Morgan fingerprint density at radius 3 is 2.52 bits per heavy atom. The summed E-state index contributed by atoms with van der Waals surface area (Å²) in [5, 5.41) is 9.11. The Bertz CT molecular complexity index is 684. The van der Waals surface area contributed by atoms with Gasteiger partial charge in [0.2, 0.25) is 0 Å². The highest BCUT2D eigenvalue weighted by molar-refractivity contribution is 6.05. The zero-order valence-corrected chi connectivity index (χ0v) is 12.4. The summed E-state index contributed by atoms with van der Waals surface area (Å²) in [7, 11) is 1.65. The lowest BCUT2D eigenvalue weighted by Crippen LogP contribution is -2.27. The monoisotopic (exact) mass is 279 g/mol. The largest absolute Gasteiger partial charge is 0.309 e. The van der Waals surface area contributed by atoms with Crippen LogP contribution in [0.25, 0.3) is 0 Å². The van der Waals surface area contributed by atoms with Gasteiger partial charge in [-0.3, -0.25) is 9.78 Å². The molecular weight excluding hydrogens is 262 g/mol. The van der Waals surface area contributed by atoms with Crippen LogP contribution in [0, 0.1) is 11.3 Å². The first kappa shape index (κ1) is 14.7. The van der Waals surface area contributed by atoms with Gasteiger partial charge in [-0.1, -0.05) is 32.0 Å².